The van der Waals surface area contributed by atoms with Crippen LogP contribution in [0, 0.1) is 10.1 Å². The second-order valence-corrected chi connectivity index (χ2v) is 4.02. The average molecular weight is 300 g/mol. The molecule has 2 aromatic rings. The molecule has 0 spiro atoms. The molecule has 0 radical (unpaired) electrons. The van der Waals surface area contributed by atoms with Crippen molar-refractivity contribution < 1.29 is 22.9 Å². The van der Waals surface area contributed by atoms with Crippen molar-refractivity contribution in [2.75, 3.05) is 0 Å². The van der Waals surface area contributed by atoms with Crippen molar-refractivity contribution in [1.82, 2.24) is 15.0 Å². The van der Waals surface area contributed by atoms with E-state index in [4.69, 9.17) is 0 Å². The van der Waals surface area contributed by atoms with E-state index in [1.54, 1.807) is 0 Å². The van der Waals surface area contributed by atoms with Crippen molar-refractivity contribution in [3.05, 3.63) is 51.3 Å². The summed E-state index contributed by atoms with van der Waals surface area (Å²) in [6.45, 7) is -0.312. The molecule has 1 aromatic heterocycles. The second-order valence-electron chi connectivity index (χ2n) is 4.02. The van der Waals surface area contributed by atoms with Gasteiger partial charge in [-0.15, -0.1) is 5.10 Å². The summed E-state index contributed by atoms with van der Waals surface area (Å²) in [6.07, 6.45) is -4.80. The molecule has 7 nitrogen and oxygen atoms in total. The second kappa shape index (κ2) is 5.31. The van der Waals surface area contributed by atoms with Crippen LogP contribution in [0.2, 0.25) is 0 Å². The molecule has 0 atom stereocenters. The van der Waals surface area contributed by atoms with Gasteiger partial charge in [0.25, 0.3) is 5.69 Å². The van der Waals surface area contributed by atoms with E-state index in [9.17, 15) is 28.1 Å². The Balaban J connectivity index is 2.33. The molecule has 0 aliphatic carbocycles. The lowest BCUT2D eigenvalue weighted by Crippen LogP contribution is -2.17. The first kappa shape index (κ1) is 14.6. The predicted molar refractivity (Wildman–Crippen MR) is 62.6 cm³/mol. The van der Waals surface area contributed by atoms with Gasteiger partial charge < -0.3 is 0 Å². The summed E-state index contributed by atoms with van der Waals surface area (Å²) in [6, 6.07) is 4.95. The Labute approximate surface area is 115 Å². The summed E-state index contributed by atoms with van der Waals surface area (Å²) in [7, 11) is 0. The third-order valence-corrected chi connectivity index (χ3v) is 2.62. The Morgan fingerprint density at radius 3 is 2.38 bits per heavy atom. The highest BCUT2D eigenvalue weighted by Crippen LogP contribution is 2.30. The zero-order valence-electron chi connectivity index (χ0n) is 10.2. The molecule has 10 heteroatoms. The number of non-ortho nitro benzene ring substituents is 1. The molecule has 0 bridgehead atoms. The van der Waals surface area contributed by atoms with Crippen LogP contribution in [0.3, 0.4) is 0 Å². The molecule has 0 aliphatic heterocycles. The van der Waals surface area contributed by atoms with Gasteiger partial charge in [-0.05, 0) is 5.56 Å². The highest BCUT2D eigenvalue weighted by Gasteiger charge is 2.39. The maximum absolute atomic E-state index is 12.9. The van der Waals surface area contributed by atoms with E-state index >= 15 is 0 Å². The standard InChI is InChI=1S/C11H7F3N4O3/c12-11(13,14)10-9(6-19)15-16-17(10)5-7-1-3-8(4-2-7)18(20)21/h1-4,6H,5H2. The molecule has 0 aliphatic rings. The molecule has 0 amide bonds. The number of nitrogens with zero attached hydrogens (tertiary/aromatic N) is 4. The van der Waals surface area contributed by atoms with Gasteiger partial charge in [0.15, 0.2) is 17.7 Å². The number of carbonyl (C=O) groups is 1. The first-order valence-electron chi connectivity index (χ1n) is 5.52. The average Bonchev–Trinajstić information content (AvgIpc) is 2.82. The van der Waals surface area contributed by atoms with Crippen molar-refractivity contribution in [2.24, 2.45) is 0 Å². The topological polar surface area (TPSA) is 90.9 Å². The van der Waals surface area contributed by atoms with Gasteiger partial charge in [0, 0.05) is 12.1 Å². The van der Waals surface area contributed by atoms with Gasteiger partial charge in [-0.3, -0.25) is 14.9 Å². The van der Waals surface area contributed by atoms with Gasteiger partial charge in [0.1, 0.15) is 0 Å². The van der Waals surface area contributed by atoms with Crippen LogP contribution in [0.25, 0.3) is 0 Å². The first-order valence-corrected chi connectivity index (χ1v) is 5.52. The van der Waals surface area contributed by atoms with Crippen LogP contribution < -0.4 is 0 Å². The van der Waals surface area contributed by atoms with Gasteiger partial charge in [-0.2, -0.15) is 13.2 Å². The lowest BCUT2D eigenvalue weighted by atomic mass is 10.2. The number of halogens is 3. The highest BCUT2D eigenvalue weighted by molar-refractivity contribution is 5.73. The molecular weight excluding hydrogens is 293 g/mol. The van der Waals surface area contributed by atoms with E-state index in [2.05, 4.69) is 10.3 Å². The largest absolute Gasteiger partial charge is 0.435 e. The number of hydrogen-bond acceptors (Lipinski definition) is 5. The van der Waals surface area contributed by atoms with E-state index < -0.39 is 22.5 Å². The molecule has 0 unspecified atom stereocenters. The molecule has 110 valence electrons. The van der Waals surface area contributed by atoms with E-state index in [0.717, 1.165) is 0 Å². The SMILES string of the molecule is O=Cc1nnn(Cc2ccc([N+](=O)[O-])cc2)c1C(F)(F)F. The Bertz CT molecular complexity index is 679. The van der Waals surface area contributed by atoms with E-state index in [-0.39, 0.29) is 18.5 Å². The Kier molecular flexibility index (Phi) is 3.70. The zero-order valence-corrected chi connectivity index (χ0v) is 10.2. The van der Waals surface area contributed by atoms with Gasteiger partial charge in [0.05, 0.1) is 11.5 Å². The fourth-order valence-electron chi connectivity index (χ4n) is 1.70. The fourth-order valence-corrected chi connectivity index (χ4v) is 1.70. The molecule has 21 heavy (non-hydrogen) atoms. The molecular formula is C11H7F3N4O3. The third-order valence-electron chi connectivity index (χ3n) is 2.62. The lowest BCUT2D eigenvalue weighted by molar-refractivity contribution is -0.384. The van der Waals surface area contributed by atoms with Crippen LogP contribution in [0.5, 0.6) is 0 Å². The summed E-state index contributed by atoms with van der Waals surface area (Å²) >= 11 is 0. The van der Waals surface area contributed by atoms with Crippen molar-refractivity contribution >= 4 is 12.0 Å². The molecule has 1 aromatic carbocycles. The normalized spacial score (nSPS) is 11.4. The number of hydrogen-bond donors (Lipinski definition) is 0. The number of alkyl halides is 3. The summed E-state index contributed by atoms with van der Waals surface area (Å²) in [4.78, 5) is 20.4. The van der Waals surface area contributed by atoms with Crippen LogP contribution in [-0.4, -0.2) is 26.2 Å². The van der Waals surface area contributed by atoms with E-state index in [1.165, 1.54) is 24.3 Å². The summed E-state index contributed by atoms with van der Waals surface area (Å²) in [5.74, 6) is 0. The lowest BCUT2D eigenvalue weighted by Gasteiger charge is -2.09. The first-order chi connectivity index (χ1) is 9.82. The molecule has 1 heterocycles. The smallest absolute Gasteiger partial charge is 0.296 e. The number of aldehydes is 1. The third kappa shape index (κ3) is 3.04. The van der Waals surface area contributed by atoms with Crippen molar-refractivity contribution in [1.29, 1.82) is 0 Å². The minimum absolute atomic E-state index is 0.0256. The van der Waals surface area contributed by atoms with Crippen LogP contribution in [0.15, 0.2) is 24.3 Å². The molecule has 0 fully saturated rings. The van der Waals surface area contributed by atoms with Gasteiger partial charge in [-0.1, -0.05) is 17.3 Å². The monoisotopic (exact) mass is 300 g/mol. The van der Waals surface area contributed by atoms with Gasteiger partial charge in [-0.25, -0.2) is 4.68 Å². The Morgan fingerprint density at radius 2 is 1.90 bits per heavy atom. The van der Waals surface area contributed by atoms with E-state index in [0.29, 0.717) is 10.2 Å². The number of carbonyl (C=O) groups excluding carboxylic acids is 1. The van der Waals surface area contributed by atoms with Gasteiger partial charge >= 0.3 is 6.18 Å². The molecule has 0 N–H and O–H groups in total. The minimum Gasteiger partial charge on any atom is -0.296 e. The van der Waals surface area contributed by atoms with Gasteiger partial charge in [0.2, 0.25) is 0 Å². The minimum atomic E-state index is -4.78. The summed E-state index contributed by atoms with van der Waals surface area (Å²) in [5.41, 5.74) is -1.88. The fraction of sp³-hybridized carbons (Fsp3) is 0.182. The summed E-state index contributed by atoms with van der Waals surface area (Å²) in [5, 5.41) is 16.9. The van der Waals surface area contributed by atoms with Crippen LogP contribution >= 0.6 is 0 Å². The number of rotatable bonds is 4. The maximum Gasteiger partial charge on any atom is 0.435 e. The number of aromatic nitrogens is 3. The van der Waals surface area contributed by atoms with Crippen molar-refractivity contribution in [3.8, 4) is 0 Å². The van der Waals surface area contributed by atoms with Crippen molar-refractivity contribution in [3.63, 3.8) is 0 Å². The van der Waals surface area contributed by atoms with Crippen molar-refractivity contribution in [2.45, 2.75) is 12.7 Å². The Morgan fingerprint density at radius 1 is 1.29 bits per heavy atom. The molecule has 0 saturated heterocycles. The molecule has 2 rings (SSSR count). The molecule has 0 saturated carbocycles. The summed E-state index contributed by atoms with van der Waals surface area (Å²) < 4.78 is 39.1. The Hall–Kier alpha value is -2.78. The van der Waals surface area contributed by atoms with E-state index in [1.807, 2.05) is 0 Å². The zero-order chi connectivity index (χ0) is 15.6. The van der Waals surface area contributed by atoms with Crippen LogP contribution in [0.1, 0.15) is 21.7 Å². The van der Waals surface area contributed by atoms with Crippen LogP contribution in [0.4, 0.5) is 18.9 Å². The quantitative estimate of drug-likeness (QED) is 0.489. The maximum atomic E-state index is 12.9. The highest BCUT2D eigenvalue weighted by atomic mass is 19.4. The van der Waals surface area contributed by atoms with Crippen LogP contribution in [-0.2, 0) is 12.7 Å². The number of nitro groups is 1. The predicted octanol–water partition coefficient (Wildman–Crippen LogP) is 2.07. The number of nitro benzene ring substituents is 1. The number of benzene rings is 1.